The number of nitrogens with one attached hydrogen (secondary N) is 2. The Balaban J connectivity index is 0.00000261. The van der Waals surface area contributed by atoms with Crippen molar-refractivity contribution in [2.75, 3.05) is 17.7 Å². The van der Waals surface area contributed by atoms with Gasteiger partial charge in [-0.25, -0.2) is 4.79 Å². The summed E-state index contributed by atoms with van der Waals surface area (Å²) in [6.45, 7) is 0.127. The molecule has 0 atom stereocenters. The number of aromatic hydroxyl groups is 1. The Morgan fingerprint density at radius 1 is 0.963 bits per heavy atom. The van der Waals surface area contributed by atoms with E-state index in [4.69, 9.17) is 0 Å². The molecule has 27 heavy (non-hydrogen) atoms. The molecule has 1 aromatic heterocycles. The molecule has 0 bridgehead atoms. The Morgan fingerprint density at radius 3 is 2.41 bits per heavy atom. The number of benzene rings is 2. The van der Waals surface area contributed by atoms with Crippen LogP contribution in [0.5, 0.6) is 5.75 Å². The third kappa shape index (κ3) is 4.65. The lowest BCUT2D eigenvalue weighted by atomic mass is 10.1. The van der Waals surface area contributed by atoms with Crippen LogP contribution in [-0.4, -0.2) is 24.2 Å². The second kappa shape index (κ2) is 8.86. The fraction of sp³-hybridized carbons (Fsp3) is 0.105. The standard InChI is InChI=1S/C19H17N3O4.ClH/c1-26-19(25)21-15-7-5-6-14-13(15)8-9-16(18(14)24)20-17(23)12-22-10-3-2-4-11-22;/h2-11H,12H2,1H3,(H2-,20,21,23,24,25);1H. The molecule has 3 N–H and O–H groups in total. The highest BCUT2D eigenvalue weighted by atomic mass is 35.5. The second-order valence-corrected chi connectivity index (χ2v) is 5.58. The molecule has 3 aromatic rings. The number of halogens is 1. The summed E-state index contributed by atoms with van der Waals surface area (Å²) in [4.78, 5) is 23.6. The van der Waals surface area contributed by atoms with Crippen molar-refractivity contribution in [3.05, 3.63) is 60.9 Å². The van der Waals surface area contributed by atoms with E-state index in [1.54, 1.807) is 47.3 Å². The van der Waals surface area contributed by atoms with E-state index >= 15 is 0 Å². The van der Waals surface area contributed by atoms with Gasteiger partial charge < -0.3 is 27.6 Å². The highest BCUT2D eigenvalue weighted by Crippen LogP contribution is 2.36. The first-order valence-corrected chi connectivity index (χ1v) is 7.92. The van der Waals surface area contributed by atoms with Crippen LogP contribution in [0.4, 0.5) is 16.2 Å². The topological polar surface area (TPSA) is 91.5 Å². The molecule has 0 aliphatic heterocycles. The number of carbonyl (C=O) groups excluding carboxylic acids is 2. The molecule has 2 amide bonds. The zero-order chi connectivity index (χ0) is 18.5. The number of rotatable bonds is 4. The van der Waals surface area contributed by atoms with Crippen LogP contribution in [-0.2, 0) is 16.1 Å². The van der Waals surface area contributed by atoms with Gasteiger partial charge in [-0.2, -0.15) is 4.57 Å². The maximum atomic E-state index is 12.2. The number of aromatic nitrogens is 1. The summed E-state index contributed by atoms with van der Waals surface area (Å²) in [7, 11) is 1.27. The van der Waals surface area contributed by atoms with Gasteiger partial charge in [0.15, 0.2) is 12.4 Å². The number of phenols is 1. The number of methoxy groups -OCH3 is 1. The SMILES string of the molecule is COC(=O)Nc1cccc2c(O)c(NC(=O)C[n+]3ccccc3)ccc12.[Cl-]. The number of phenolic OH excluding ortho intramolecular Hbond substituents is 1. The number of fused-ring (bicyclic) bond motifs is 1. The lowest BCUT2D eigenvalue weighted by Gasteiger charge is -2.12. The minimum Gasteiger partial charge on any atom is -1.00 e. The van der Waals surface area contributed by atoms with Gasteiger partial charge in [0, 0.05) is 22.9 Å². The minimum atomic E-state index is -0.603. The molecular formula is C19H18ClN3O4. The molecule has 1 heterocycles. The largest absolute Gasteiger partial charge is 1.00 e. The summed E-state index contributed by atoms with van der Waals surface area (Å²) in [5.41, 5.74) is 0.802. The number of carbonyl (C=O) groups is 2. The summed E-state index contributed by atoms with van der Waals surface area (Å²) < 4.78 is 6.32. The van der Waals surface area contributed by atoms with Crippen LogP contribution >= 0.6 is 0 Å². The van der Waals surface area contributed by atoms with Crippen LogP contribution in [0, 0.1) is 0 Å². The first-order chi connectivity index (χ1) is 12.6. The molecule has 8 heteroatoms. The molecule has 3 rings (SSSR count). The van der Waals surface area contributed by atoms with E-state index in [0.29, 0.717) is 22.1 Å². The van der Waals surface area contributed by atoms with Gasteiger partial charge in [0.2, 0.25) is 6.54 Å². The van der Waals surface area contributed by atoms with E-state index in [1.165, 1.54) is 7.11 Å². The van der Waals surface area contributed by atoms with Crippen LogP contribution in [0.1, 0.15) is 0 Å². The van der Waals surface area contributed by atoms with Gasteiger partial charge in [-0.05, 0) is 18.2 Å². The molecular weight excluding hydrogens is 370 g/mol. The molecule has 0 fully saturated rings. The molecule has 0 aliphatic rings. The van der Waals surface area contributed by atoms with Gasteiger partial charge in [-0.1, -0.05) is 18.2 Å². The predicted octanol–water partition coefficient (Wildman–Crippen LogP) is -0.346. The fourth-order valence-electron chi connectivity index (χ4n) is 2.61. The van der Waals surface area contributed by atoms with E-state index in [1.807, 2.05) is 18.2 Å². The van der Waals surface area contributed by atoms with Gasteiger partial charge in [0.25, 0.3) is 5.91 Å². The van der Waals surface area contributed by atoms with Crippen LogP contribution in [0.15, 0.2) is 60.9 Å². The van der Waals surface area contributed by atoms with Crippen molar-refractivity contribution in [3.8, 4) is 5.75 Å². The number of hydrogen-bond acceptors (Lipinski definition) is 4. The van der Waals surface area contributed by atoms with E-state index in [2.05, 4.69) is 15.4 Å². The maximum Gasteiger partial charge on any atom is 0.411 e. The number of amides is 2. The quantitative estimate of drug-likeness (QED) is 0.422. The first-order valence-electron chi connectivity index (χ1n) is 7.92. The Labute approximate surface area is 162 Å². The van der Waals surface area contributed by atoms with Crippen molar-refractivity contribution in [1.82, 2.24) is 0 Å². The number of ether oxygens (including phenoxy) is 1. The highest BCUT2D eigenvalue weighted by molar-refractivity contribution is 6.06. The molecule has 140 valence electrons. The highest BCUT2D eigenvalue weighted by Gasteiger charge is 2.15. The summed E-state index contributed by atoms with van der Waals surface area (Å²) in [5, 5.41) is 16.9. The van der Waals surface area contributed by atoms with E-state index in [-0.39, 0.29) is 30.6 Å². The fourth-order valence-corrected chi connectivity index (χ4v) is 2.61. The van der Waals surface area contributed by atoms with Crippen molar-refractivity contribution in [3.63, 3.8) is 0 Å². The summed E-state index contributed by atoms with van der Waals surface area (Å²) in [5.74, 6) is -0.331. The van der Waals surface area contributed by atoms with Gasteiger partial charge in [-0.15, -0.1) is 0 Å². The van der Waals surface area contributed by atoms with Crippen molar-refractivity contribution in [2.45, 2.75) is 6.54 Å². The number of anilines is 2. The van der Waals surface area contributed by atoms with Gasteiger partial charge in [0.1, 0.15) is 5.75 Å². The zero-order valence-corrected chi connectivity index (χ0v) is 15.2. The zero-order valence-electron chi connectivity index (χ0n) is 14.5. The average molecular weight is 388 g/mol. The van der Waals surface area contributed by atoms with Crippen LogP contribution in [0.3, 0.4) is 0 Å². The van der Waals surface area contributed by atoms with E-state index < -0.39 is 6.09 Å². The smallest absolute Gasteiger partial charge is 0.411 e. The first kappa shape index (κ1) is 20.0. The second-order valence-electron chi connectivity index (χ2n) is 5.58. The predicted molar refractivity (Wildman–Crippen MR) is 96.9 cm³/mol. The Morgan fingerprint density at radius 2 is 1.70 bits per heavy atom. The monoisotopic (exact) mass is 387 g/mol. The minimum absolute atomic E-state index is 0. The number of pyridine rings is 1. The number of hydrogen-bond donors (Lipinski definition) is 3. The molecule has 0 spiro atoms. The van der Waals surface area contributed by atoms with Crippen LogP contribution < -0.4 is 27.6 Å². The van der Waals surface area contributed by atoms with Crippen LogP contribution in [0.2, 0.25) is 0 Å². The van der Waals surface area contributed by atoms with E-state index in [9.17, 15) is 14.7 Å². The molecule has 0 unspecified atom stereocenters. The molecule has 0 saturated heterocycles. The Hall–Kier alpha value is -3.32. The average Bonchev–Trinajstić information content (AvgIpc) is 2.65. The lowest BCUT2D eigenvalue weighted by molar-refractivity contribution is -0.684. The summed E-state index contributed by atoms with van der Waals surface area (Å²) >= 11 is 0. The molecule has 0 aliphatic carbocycles. The normalized spacial score (nSPS) is 9.96. The third-order valence-electron chi connectivity index (χ3n) is 3.83. The van der Waals surface area contributed by atoms with Crippen molar-refractivity contribution in [2.24, 2.45) is 0 Å². The Bertz CT molecular complexity index is 964. The lowest BCUT2D eigenvalue weighted by Crippen LogP contribution is -3.00. The van der Waals surface area contributed by atoms with Gasteiger partial charge in [0.05, 0.1) is 18.5 Å². The maximum absolute atomic E-state index is 12.2. The van der Waals surface area contributed by atoms with Crippen LogP contribution in [0.25, 0.3) is 10.8 Å². The van der Waals surface area contributed by atoms with E-state index in [0.717, 1.165) is 0 Å². The molecule has 0 saturated carbocycles. The van der Waals surface area contributed by atoms with Gasteiger partial charge in [-0.3, -0.25) is 10.1 Å². The molecule has 0 radical (unpaired) electrons. The molecule has 7 nitrogen and oxygen atoms in total. The third-order valence-corrected chi connectivity index (χ3v) is 3.83. The Kier molecular flexibility index (Phi) is 6.56. The van der Waals surface area contributed by atoms with Gasteiger partial charge >= 0.3 is 6.09 Å². The summed E-state index contributed by atoms with van der Waals surface area (Å²) in [6, 6.07) is 13.9. The summed E-state index contributed by atoms with van der Waals surface area (Å²) in [6.07, 6.45) is 2.96. The molecule has 2 aromatic carbocycles. The number of nitrogens with zero attached hydrogens (tertiary/aromatic N) is 1. The van der Waals surface area contributed by atoms with Crippen molar-refractivity contribution in [1.29, 1.82) is 0 Å². The van der Waals surface area contributed by atoms with Crippen molar-refractivity contribution >= 4 is 34.1 Å². The van der Waals surface area contributed by atoms with Crippen molar-refractivity contribution < 1.29 is 36.4 Å².